The van der Waals surface area contributed by atoms with Gasteiger partial charge in [-0.15, -0.1) is 0 Å². The first kappa shape index (κ1) is 17.8. The van der Waals surface area contributed by atoms with E-state index >= 15 is 0 Å². The Bertz CT molecular complexity index is 1070. The van der Waals surface area contributed by atoms with Crippen LogP contribution in [0.2, 0.25) is 5.02 Å². The molecule has 2 N–H and O–H groups in total. The predicted molar refractivity (Wildman–Crippen MR) is 114 cm³/mol. The first-order chi connectivity index (χ1) is 13.4. The Morgan fingerprint density at radius 1 is 1.04 bits per heavy atom. The van der Waals surface area contributed by atoms with E-state index in [1.165, 1.54) is 12.8 Å². The molecule has 0 radical (unpaired) electrons. The Kier molecular flexibility index (Phi) is 4.04. The van der Waals surface area contributed by atoms with Crippen LogP contribution in [0.3, 0.4) is 0 Å². The molecule has 0 atom stereocenters. The molecule has 1 saturated carbocycles. The first-order valence-electron chi connectivity index (χ1n) is 9.85. The molecule has 5 heteroatoms. The lowest BCUT2D eigenvalue weighted by molar-refractivity contribution is -0.0728. The van der Waals surface area contributed by atoms with Crippen LogP contribution in [0.4, 0.5) is 0 Å². The maximum atomic E-state index is 6.36. The molecular weight excluding hydrogens is 370 g/mol. The third-order valence-electron chi connectivity index (χ3n) is 6.14. The summed E-state index contributed by atoms with van der Waals surface area (Å²) in [5, 5.41) is 0.748. The molecule has 1 fully saturated rings. The number of nitrogens with one attached hydrogen (secondary N) is 2. The number of halogens is 1. The zero-order chi connectivity index (χ0) is 19.4. The number of hydrogen-bond acceptors (Lipinski definition) is 3. The minimum atomic E-state index is -0.202. The van der Waals surface area contributed by atoms with E-state index in [1.54, 1.807) is 0 Å². The molecule has 0 unspecified atom stereocenters. The van der Waals surface area contributed by atoms with Crippen LogP contribution in [0, 0.1) is 5.41 Å². The summed E-state index contributed by atoms with van der Waals surface area (Å²) >= 11 is 6.36. The third-order valence-corrected chi connectivity index (χ3v) is 6.47. The quantitative estimate of drug-likeness (QED) is 0.553. The molecule has 1 spiro atoms. The lowest BCUT2D eigenvalue weighted by Crippen LogP contribution is -2.37. The van der Waals surface area contributed by atoms with Gasteiger partial charge in [0.25, 0.3) is 0 Å². The highest BCUT2D eigenvalue weighted by molar-refractivity contribution is 6.33. The first-order valence-corrected chi connectivity index (χ1v) is 10.2. The number of aromatic nitrogens is 2. The Balaban J connectivity index is 1.46. The number of hydroxylamine groups is 1. The second kappa shape index (κ2) is 6.36. The summed E-state index contributed by atoms with van der Waals surface area (Å²) in [5.74, 6) is 0.813. The Morgan fingerprint density at radius 2 is 1.82 bits per heavy atom. The lowest BCUT2D eigenvalue weighted by atomic mass is 9.71. The number of rotatable bonds is 2. The zero-order valence-electron chi connectivity index (χ0n) is 16.2. The van der Waals surface area contributed by atoms with Crippen LogP contribution < -0.4 is 5.48 Å². The molecule has 1 aromatic heterocycles. The summed E-state index contributed by atoms with van der Waals surface area (Å²) in [6.07, 6.45) is 6.62. The van der Waals surface area contributed by atoms with Gasteiger partial charge in [0, 0.05) is 10.6 Å². The van der Waals surface area contributed by atoms with E-state index in [1.807, 2.05) is 30.3 Å². The van der Waals surface area contributed by atoms with Gasteiger partial charge in [0.15, 0.2) is 5.82 Å². The van der Waals surface area contributed by atoms with Crippen LogP contribution in [-0.4, -0.2) is 15.6 Å². The van der Waals surface area contributed by atoms with Gasteiger partial charge in [0.2, 0.25) is 0 Å². The summed E-state index contributed by atoms with van der Waals surface area (Å²) < 4.78 is 0. The SMILES string of the molecule is CC1(C)CCC2(C=C(c3nc4ccc(-c5ccccc5Cl)cc4[nH]3)NO2)CC1. The minimum Gasteiger partial charge on any atom is -0.337 e. The number of aromatic amines is 1. The summed E-state index contributed by atoms with van der Waals surface area (Å²) in [6, 6.07) is 14.1. The minimum absolute atomic E-state index is 0.202. The van der Waals surface area contributed by atoms with Crippen molar-refractivity contribution in [1.82, 2.24) is 15.4 Å². The number of H-pyrrole nitrogens is 1. The smallest absolute Gasteiger partial charge is 0.156 e. The maximum absolute atomic E-state index is 6.36. The molecule has 2 aliphatic rings. The van der Waals surface area contributed by atoms with Crippen molar-refractivity contribution in [1.29, 1.82) is 0 Å². The van der Waals surface area contributed by atoms with Crippen LogP contribution >= 0.6 is 11.6 Å². The molecule has 0 amide bonds. The fourth-order valence-electron chi connectivity index (χ4n) is 4.19. The van der Waals surface area contributed by atoms with Gasteiger partial charge in [-0.05, 0) is 60.9 Å². The van der Waals surface area contributed by atoms with Crippen LogP contribution in [0.1, 0.15) is 45.4 Å². The van der Waals surface area contributed by atoms with Gasteiger partial charge in [0.05, 0.1) is 11.0 Å². The molecular formula is C23H24ClN3O. The van der Waals surface area contributed by atoms with Crippen LogP contribution in [0.5, 0.6) is 0 Å². The van der Waals surface area contributed by atoms with E-state index in [0.717, 1.165) is 51.5 Å². The molecule has 2 heterocycles. The number of hydrogen-bond donors (Lipinski definition) is 2. The molecule has 1 aliphatic heterocycles. The van der Waals surface area contributed by atoms with Crippen molar-refractivity contribution in [2.75, 3.05) is 0 Å². The van der Waals surface area contributed by atoms with E-state index in [4.69, 9.17) is 21.4 Å². The van der Waals surface area contributed by atoms with Crippen molar-refractivity contribution < 1.29 is 4.84 Å². The fraction of sp³-hybridized carbons (Fsp3) is 0.348. The maximum Gasteiger partial charge on any atom is 0.156 e. The van der Waals surface area contributed by atoms with E-state index in [-0.39, 0.29) is 5.60 Å². The summed E-state index contributed by atoms with van der Waals surface area (Å²) in [5.41, 5.74) is 8.26. The molecule has 4 nitrogen and oxygen atoms in total. The van der Waals surface area contributed by atoms with Gasteiger partial charge in [-0.3, -0.25) is 10.3 Å². The third kappa shape index (κ3) is 3.11. The molecule has 0 bridgehead atoms. The molecule has 5 rings (SSSR count). The summed E-state index contributed by atoms with van der Waals surface area (Å²) in [7, 11) is 0. The van der Waals surface area contributed by atoms with Crippen LogP contribution in [0.15, 0.2) is 48.5 Å². The Labute approximate surface area is 169 Å². The number of imidazole rings is 1. The van der Waals surface area contributed by atoms with E-state index in [0.29, 0.717) is 5.41 Å². The van der Waals surface area contributed by atoms with Crippen LogP contribution in [-0.2, 0) is 4.84 Å². The highest BCUT2D eigenvalue weighted by atomic mass is 35.5. The second-order valence-corrected chi connectivity index (χ2v) is 9.20. The molecule has 1 aliphatic carbocycles. The van der Waals surface area contributed by atoms with Crippen molar-refractivity contribution >= 4 is 28.3 Å². The second-order valence-electron chi connectivity index (χ2n) is 8.79. The number of fused-ring (bicyclic) bond motifs is 1. The van der Waals surface area contributed by atoms with Crippen LogP contribution in [0.25, 0.3) is 27.9 Å². The van der Waals surface area contributed by atoms with Gasteiger partial charge in [-0.1, -0.05) is 49.7 Å². The van der Waals surface area contributed by atoms with E-state index < -0.39 is 0 Å². The number of nitrogens with zero attached hydrogens (tertiary/aromatic N) is 1. The van der Waals surface area contributed by atoms with Crippen molar-refractivity contribution in [3.63, 3.8) is 0 Å². The largest absolute Gasteiger partial charge is 0.337 e. The van der Waals surface area contributed by atoms with E-state index in [2.05, 4.69) is 42.5 Å². The van der Waals surface area contributed by atoms with Gasteiger partial charge in [-0.2, -0.15) is 0 Å². The zero-order valence-corrected chi connectivity index (χ0v) is 16.9. The normalized spacial score (nSPS) is 20.3. The van der Waals surface area contributed by atoms with Gasteiger partial charge in [0.1, 0.15) is 11.3 Å². The van der Waals surface area contributed by atoms with Crippen molar-refractivity contribution in [2.45, 2.75) is 45.1 Å². The standard InChI is InChI=1S/C23H24ClN3O/c1-22(2)9-11-23(12-10-22)14-20(27-28-23)21-25-18-8-7-15(13-19(18)26-21)16-5-3-4-6-17(16)24/h3-8,13-14,27H,9-12H2,1-2H3,(H,25,26). The lowest BCUT2D eigenvalue weighted by Gasteiger charge is -2.38. The van der Waals surface area contributed by atoms with Gasteiger partial charge >= 0.3 is 0 Å². The molecule has 0 saturated heterocycles. The predicted octanol–water partition coefficient (Wildman–Crippen LogP) is 6.10. The highest BCUT2D eigenvalue weighted by Gasteiger charge is 2.42. The Hall–Kier alpha value is -2.30. The average molecular weight is 394 g/mol. The van der Waals surface area contributed by atoms with Crippen molar-refractivity contribution in [3.8, 4) is 11.1 Å². The highest BCUT2D eigenvalue weighted by Crippen LogP contribution is 2.45. The molecule has 144 valence electrons. The van der Waals surface area contributed by atoms with E-state index in [9.17, 15) is 0 Å². The summed E-state index contributed by atoms with van der Waals surface area (Å²) in [4.78, 5) is 14.2. The topological polar surface area (TPSA) is 49.9 Å². The molecule has 2 aromatic carbocycles. The van der Waals surface area contributed by atoms with Crippen molar-refractivity contribution in [2.24, 2.45) is 5.41 Å². The average Bonchev–Trinajstić information content (AvgIpc) is 3.29. The van der Waals surface area contributed by atoms with Crippen molar-refractivity contribution in [3.05, 3.63) is 59.4 Å². The Morgan fingerprint density at radius 3 is 2.61 bits per heavy atom. The number of benzene rings is 2. The molecule has 28 heavy (non-hydrogen) atoms. The monoisotopic (exact) mass is 393 g/mol. The summed E-state index contributed by atoms with van der Waals surface area (Å²) in [6.45, 7) is 4.67. The molecule has 3 aromatic rings. The fourth-order valence-corrected chi connectivity index (χ4v) is 4.44. The van der Waals surface area contributed by atoms with Gasteiger partial charge in [-0.25, -0.2) is 4.98 Å². The van der Waals surface area contributed by atoms with Gasteiger partial charge < -0.3 is 4.98 Å².